The third-order valence-electron chi connectivity index (χ3n) is 3.74. The third-order valence-corrected chi connectivity index (χ3v) is 3.74. The zero-order chi connectivity index (χ0) is 13.9. The Bertz CT molecular complexity index is 389. The van der Waals surface area contributed by atoms with Crippen molar-refractivity contribution < 1.29 is 8.78 Å². The van der Waals surface area contributed by atoms with Gasteiger partial charge >= 0.3 is 0 Å². The number of nitrogens with zero attached hydrogens (tertiary/aromatic N) is 1. The van der Waals surface area contributed by atoms with Gasteiger partial charge in [0.2, 0.25) is 0 Å². The molecule has 1 aromatic rings. The quantitative estimate of drug-likeness (QED) is 0.627. The molecule has 0 fully saturated rings. The maximum atomic E-state index is 13.3. The summed E-state index contributed by atoms with van der Waals surface area (Å²) in [6.45, 7) is 4.01. The zero-order valence-corrected chi connectivity index (χ0v) is 11.3. The first-order valence-corrected chi connectivity index (χ1v) is 5.94. The lowest BCUT2D eigenvalue weighted by atomic mass is 9.84. The van der Waals surface area contributed by atoms with E-state index in [1.165, 1.54) is 12.1 Å². The number of nitrogens with two attached hydrogens (primary N) is 1. The number of halogens is 2. The summed E-state index contributed by atoms with van der Waals surface area (Å²) in [6.07, 6.45) is 0.785. The maximum Gasteiger partial charge on any atom is 0.126 e. The highest BCUT2D eigenvalue weighted by atomic mass is 19.1. The van der Waals surface area contributed by atoms with Crippen LogP contribution in [0.4, 0.5) is 8.78 Å². The molecule has 0 aliphatic carbocycles. The van der Waals surface area contributed by atoms with Crippen LogP contribution >= 0.6 is 0 Å². The number of hydrogen-bond acceptors (Lipinski definition) is 3. The lowest BCUT2D eigenvalue weighted by molar-refractivity contribution is 0.112. The van der Waals surface area contributed by atoms with Gasteiger partial charge in [0.25, 0.3) is 0 Å². The summed E-state index contributed by atoms with van der Waals surface area (Å²) in [5, 5.41) is 0. The second-order valence-electron chi connectivity index (χ2n) is 4.91. The molecule has 0 saturated heterocycles. The van der Waals surface area contributed by atoms with Crippen molar-refractivity contribution >= 4 is 0 Å². The average Bonchev–Trinajstić information content (AvgIpc) is 2.28. The minimum absolute atomic E-state index is 0.338. The summed E-state index contributed by atoms with van der Waals surface area (Å²) in [7, 11) is 3.84. The van der Waals surface area contributed by atoms with E-state index in [-0.39, 0.29) is 11.6 Å². The molecule has 0 radical (unpaired) electrons. The lowest BCUT2D eigenvalue weighted by Crippen LogP contribution is -2.53. The van der Waals surface area contributed by atoms with Crippen LogP contribution in [-0.4, -0.2) is 24.5 Å². The van der Waals surface area contributed by atoms with Gasteiger partial charge < -0.3 is 4.90 Å². The fraction of sp³-hybridized carbons (Fsp3) is 0.538. The Morgan fingerprint density at radius 3 is 2.11 bits per heavy atom. The number of likely N-dealkylation sites (N-methyl/N-ethyl adjacent to an activating group) is 1. The molecule has 2 atom stereocenters. The summed E-state index contributed by atoms with van der Waals surface area (Å²) in [5.74, 6) is 4.39. The predicted molar refractivity (Wildman–Crippen MR) is 68.8 cm³/mol. The summed E-state index contributed by atoms with van der Waals surface area (Å²) < 4.78 is 26.6. The Labute approximate surface area is 107 Å². The molecule has 1 aromatic carbocycles. The fourth-order valence-corrected chi connectivity index (χ4v) is 2.16. The number of benzene rings is 1. The number of nitrogens with one attached hydrogen (secondary N) is 1. The van der Waals surface area contributed by atoms with E-state index in [1.54, 1.807) is 0 Å². The molecule has 1 rings (SSSR count). The number of rotatable bonds is 5. The fourth-order valence-electron chi connectivity index (χ4n) is 2.16. The highest BCUT2D eigenvalue weighted by Gasteiger charge is 2.35. The molecule has 0 aromatic heterocycles. The molecule has 18 heavy (non-hydrogen) atoms. The van der Waals surface area contributed by atoms with E-state index in [0.29, 0.717) is 5.56 Å². The van der Waals surface area contributed by atoms with Crippen LogP contribution < -0.4 is 11.3 Å². The summed E-state index contributed by atoms with van der Waals surface area (Å²) in [6, 6.07) is 3.12. The van der Waals surface area contributed by atoms with Crippen LogP contribution in [0.2, 0.25) is 0 Å². The normalized spacial score (nSPS) is 16.7. The van der Waals surface area contributed by atoms with E-state index in [4.69, 9.17) is 5.84 Å². The first-order valence-electron chi connectivity index (χ1n) is 5.94. The van der Waals surface area contributed by atoms with Crippen molar-refractivity contribution in [3.8, 4) is 0 Å². The van der Waals surface area contributed by atoms with Gasteiger partial charge in [-0.05, 0) is 45.1 Å². The molecule has 0 heterocycles. The second-order valence-corrected chi connectivity index (χ2v) is 4.91. The van der Waals surface area contributed by atoms with E-state index >= 15 is 0 Å². The minimum atomic E-state index is -0.595. The van der Waals surface area contributed by atoms with Crippen molar-refractivity contribution in [1.82, 2.24) is 10.3 Å². The average molecular weight is 257 g/mol. The van der Waals surface area contributed by atoms with Crippen molar-refractivity contribution in [2.24, 2.45) is 5.84 Å². The molecular weight excluding hydrogens is 236 g/mol. The second kappa shape index (κ2) is 5.73. The molecule has 0 saturated carbocycles. The number of hydrazine groups is 1. The van der Waals surface area contributed by atoms with Crippen LogP contribution in [0.5, 0.6) is 0 Å². The van der Waals surface area contributed by atoms with E-state index in [1.807, 2.05) is 32.8 Å². The Balaban J connectivity index is 3.23. The van der Waals surface area contributed by atoms with E-state index in [0.717, 1.165) is 12.5 Å². The lowest BCUT2D eigenvalue weighted by Gasteiger charge is -2.42. The van der Waals surface area contributed by atoms with Gasteiger partial charge in [-0.25, -0.2) is 8.78 Å². The molecule has 0 spiro atoms. The Kier molecular flexibility index (Phi) is 4.78. The molecule has 3 N–H and O–H groups in total. The molecule has 0 amide bonds. The third kappa shape index (κ3) is 2.85. The predicted octanol–water partition coefficient (Wildman–Crippen LogP) is 2.20. The van der Waals surface area contributed by atoms with Crippen LogP contribution in [0.15, 0.2) is 18.2 Å². The summed E-state index contributed by atoms with van der Waals surface area (Å²) >= 11 is 0. The van der Waals surface area contributed by atoms with E-state index in [9.17, 15) is 8.78 Å². The van der Waals surface area contributed by atoms with Crippen molar-refractivity contribution in [2.45, 2.75) is 31.8 Å². The monoisotopic (exact) mass is 257 g/mol. The molecule has 102 valence electrons. The Morgan fingerprint density at radius 1 is 1.28 bits per heavy atom. The largest absolute Gasteiger partial charge is 0.302 e. The van der Waals surface area contributed by atoms with Crippen LogP contribution in [0.25, 0.3) is 0 Å². The Hall–Kier alpha value is -1.04. The molecular formula is C13H21F2N3. The van der Waals surface area contributed by atoms with Crippen LogP contribution in [0.1, 0.15) is 31.9 Å². The highest BCUT2D eigenvalue weighted by Crippen LogP contribution is 2.32. The summed E-state index contributed by atoms with van der Waals surface area (Å²) in [4.78, 5) is 2.00. The van der Waals surface area contributed by atoms with Crippen LogP contribution in [-0.2, 0) is 0 Å². The van der Waals surface area contributed by atoms with Crippen molar-refractivity contribution in [2.75, 3.05) is 14.1 Å². The first kappa shape index (κ1) is 15.0. The van der Waals surface area contributed by atoms with E-state index < -0.39 is 11.6 Å². The van der Waals surface area contributed by atoms with Gasteiger partial charge in [0.1, 0.15) is 11.6 Å². The Morgan fingerprint density at radius 2 is 1.78 bits per heavy atom. The maximum absolute atomic E-state index is 13.3. The molecule has 0 aliphatic heterocycles. The van der Waals surface area contributed by atoms with Crippen molar-refractivity contribution in [3.05, 3.63) is 35.4 Å². The molecule has 0 bridgehead atoms. The van der Waals surface area contributed by atoms with Gasteiger partial charge in [-0.2, -0.15) is 0 Å². The van der Waals surface area contributed by atoms with Crippen molar-refractivity contribution in [1.29, 1.82) is 0 Å². The molecule has 0 aliphatic rings. The van der Waals surface area contributed by atoms with Crippen LogP contribution in [0, 0.1) is 11.6 Å². The first-order chi connectivity index (χ1) is 8.35. The van der Waals surface area contributed by atoms with Crippen molar-refractivity contribution in [3.63, 3.8) is 0 Å². The SMILES string of the molecule is CCC(C)(C(NN)c1cc(F)cc(F)c1)N(C)C. The topological polar surface area (TPSA) is 41.3 Å². The highest BCUT2D eigenvalue weighted by molar-refractivity contribution is 5.24. The minimum Gasteiger partial charge on any atom is -0.302 e. The van der Waals surface area contributed by atoms with Gasteiger partial charge in [0.15, 0.2) is 0 Å². The van der Waals surface area contributed by atoms with Crippen LogP contribution in [0.3, 0.4) is 0 Å². The van der Waals surface area contributed by atoms with E-state index in [2.05, 4.69) is 5.43 Å². The molecule has 2 unspecified atom stereocenters. The summed E-state index contributed by atoms with van der Waals surface area (Å²) in [5.41, 5.74) is 2.84. The van der Waals surface area contributed by atoms with Gasteiger partial charge in [-0.1, -0.05) is 6.92 Å². The van der Waals surface area contributed by atoms with Gasteiger partial charge in [0.05, 0.1) is 6.04 Å². The number of hydrogen-bond donors (Lipinski definition) is 2. The standard InChI is InChI=1S/C13H21F2N3/c1-5-13(2,18(3)4)12(17-16)9-6-10(14)8-11(15)7-9/h6-8,12,17H,5,16H2,1-4H3. The zero-order valence-electron chi connectivity index (χ0n) is 11.3. The van der Waals surface area contributed by atoms with Gasteiger partial charge in [0, 0.05) is 11.6 Å². The molecule has 3 nitrogen and oxygen atoms in total. The smallest absolute Gasteiger partial charge is 0.126 e. The van der Waals surface area contributed by atoms with Gasteiger partial charge in [-0.15, -0.1) is 0 Å². The van der Waals surface area contributed by atoms with Gasteiger partial charge in [-0.3, -0.25) is 11.3 Å². The molecule has 5 heteroatoms.